The van der Waals surface area contributed by atoms with Gasteiger partial charge in [0.05, 0.1) is 10.6 Å². The van der Waals surface area contributed by atoms with Gasteiger partial charge in [-0.05, 0) is 55.2 Å². The summed E-state index contributed by atoms with van der Waals surface area (Å²) in [6, 6.07) is 7.02. The van der Waals surface area contributed by atoms with Crippen LogP contribution in [0.5, 0.6) is 0 Å². The van der Waals surface area contributed by atoms with Crippen LogP contribution >= 0.6 is 11.6 Å². The van der Waals surface area contributed by atoms with Crippen molar-refractivity contribution in [3.63, 3.8) is 0 Å². The summed E-state index contributed by atoms with van der Waals surface area (Å²) in [5.74, 6) is -0.678. The fourth-order valence-electron chi connectivity index (χ4n) is 3.68. The van der Waals surface area contributed by atoms with Gasteiger partial charge < -0.3 is 4.98 Å². The predicted octanol–water partition coefficient (Wildman–Crippen LogP) is 4.84. The summed E-state index contributed by atoms with van der Waals surface area (Å²) in [6.07, 6.45) is 2.48. The number of Topliss-reactive ketones (excluding diaryl/α,β-unsaturated/α-hetero) is 1. The molecule has 0 radical (unpaired) electrons. The van der Waals surface area contributed by atoms with Crippen LogP contribution in [-0.4, -0.2) is 19.2 Å². The van der Waals surface area contributed by atoms with Gasteiger partial charge in [0.1, 0.15) is 5.82 Å². The Balaban J connectivity index is 1.84. The monoisotopic (exact) mass is 420 g/mol. The normalized spacial score (nSPS) is 14.3. The number of nitrogens with one attached hydrogen (secondary N) is 2. The Morgan fingerprint density at radius 1 is 1.21 bits per heavy atom. The molecule has 0 saturated heterocycles. The van der Waals surface area contributed by atoms with Crippen LogP contribution in [0.15, 0.2) is 35.2 Å². The van der Waals surface area contributed by atoms with Crippen molar-refractivity contribution in [2.24, 2.45) is 0 Å². The largest absolute Gasteiger partial charge is 0.358 e. The van der Waals surface area contributed by atoms with Gasteiger partial charge in [0.25, 0.3) is 10.0 Å². The highest BCUT2D eigenvalue weighted by Gasteiger charge is 2.26. The Hall–Kier alpha value is -2.38. The van der Waals surface area contributed by atoms with Gasteiger partial charge in [0.15, 0.2) is 5.78 Å². The Labute approximate surface area is 167 Å². The second kappa shape index (κ2) is 6.90. The molecule has 0 bridgehead atoms. The van der Waals surface area contributed by atoms with E-state index in [1.165, 1.54) is 18.2 Å². The molecule has 5 nitrogen and oxygen atoms in total. The molecule has 1 aliphatic rings. The number of ketones is 1. The zero-order valence-corrected chi connectivity index (χ0v) is 16.7. The minimum absolute atomic E-state index is 0.0582. The van der Waals surface area contributed by atoms with Crippen LogP contribution in [0, 0.1) is 5.82 Å². The summed E-state index contributed by atoms with van der Waals surface area (Å²) in [4.78, 5) is 15.6. The molecule has 3 aromatic rings. The Morgan fingerprint density at radius 2 is 2.00 bits per heavy atom. The molecule has 2 aromatic carbocycles. The molecule has 0 amide bonds. The number of aromatic nitrogens is 1. The van der Waals surface area contributed by atoms with Gasteiger partial charge in [-0.2, -0.15) is 0 Å². The first-order chi connectivity index (χ1) is 13.3. The zero-order chi connectivity index (χ0) is 20.1. The lowest BCUT2D eigenvalue weighted by Crippen LogP contribution is -2.16. The number of carbonyl (C=O) groups is 1. The molecule has 146 valence electrons. The zero-order valence-electron chi connectivity index (χ0n) is 15.1. The van der Waals surface area contributed by atoms with Gasteiger partial charge in [-0.25, -0.2) is 12.8 Å². The molecule has 2 N–H and O–H groups in total. The summed E-state index contributed by atoms with van der Waals surface area (Å²) in [5, 5.41) is 0.922. The van der Waals surface area contributed by atoms with Crippen molar-refractivity contribution < 1.29 is 17.6 Å². The van der Waals surface area contributed by atoms with E-state index in [9.17, 15) is 17.6 Å². The number of H-pyrrole nitrogens is 1. The Bertz CT molecular complexity index is 1220. The molecular formula is C20H18ClFN2O3S. The van der Waals surface area contributed by atoms with Crippen molar-refractivity contribution >= 4 is 44.0 Å². The maximum atomic E-state index is 14.1. The van der Waals surface area contributed by atoms with E-state index in [1.807, 2.05) is 6.92 Å². The molecule has 1 aliphatic carbocycles. The highest BCUT2D eigenvalue weighted by atomic mass is 35.5. The second-order valence-electron chi connectivity index (χ2n) is 6.84. The number of hydrogen-bond donors (Lipinski definition) is 2. The lowest BCUT2D eigenvalue weighted by molar-refractivity contribution is 0.0974. The van der Waals surface area contributed by atoms with Crippen molar-refractivity contribution in [3.05, 3.63) is 58.0 Å². The van der Waals surface area contributed by atoms with Gasteiger partial charge >= 0.3 is 0 Å². The van der Waals surface area contributed by atoms with E-state index in [0.717, 1.165) is 30.0 Å². The standard InChI is InChI=1S/C20H18ClFN2O3S/c1-2-11-8-13-17(23-16-4-3-5-18(25)20(13)16)10-19(11)28(26,27)24-15-7-6-12(21)9-14(15)22/h6-10,23-24H,2-5H2,1H3. The van der Waals surface area contributed by atoms with Crippen LogP contribution < -0.4 is 4.72 Å². The first-order valence-corrected chi connectivity index (χ1v) is 10.8. The van der Waals surface area contributed by atoms with Crippen molar-refractivity contribution in [2.45, 2.75) is 37.5 Å². The molecule has 0 spiro atoms. The molecule has 28 heavy (non-hydrogen) atoms. The first-order valence-electron chi connectivity index (χ1n) is 8.98. The summed E-state index contributed by atoms with van der Waals surface area (Å²) >= 11 is 5.73. The summed E-state index contributed by atoms with van der Waals surface area (Å²) in [6.45, 7) is 1.84. The number of fused-ring (bicyclic) bond motifs is 3. The maximum absolute atomic E-state index is 14.1. The SMILES string of the molecule is CCc1cc2c3c([nH]c2cc1S(=O)(=O)Nc1ccc(Cl)cc1F)CCCC3=O. The topological polar surface area (TPSA) is 79.0 Å². The Kier molecular flexibility index (Phi) is 4.67. The molecule has 0 atom stereocenters. The summed E-state index contributed by atoms with van der Waals surface area (Å²) < 4.78 is 42.3. The Morgan fingerprint density at radius 3 is 2.71 bits per heavy atom. The molecule has 0 saturated carbocycles. The molecule has 0 unspecified atom stereocenters. The van der Waals surface area contributed by atoms with E-state index < -0.39 is 15.8 Å². The number of carbonyl (C=O) groups excluding carboxylic acids is 1. The van der Waals surface area contributed by atoms with Crippen LogP contribution in [0.3, 0.4) is 0 Å². The smallest absolute Gasteiger partial charge is 0.262 e. The van der Waals surface area contributed by atoms with Crippen LogP contribution in [0.2, 0.25) is 5.02 Å². The molecule has 1 heterocycles. The molecule has 4 rings (SSSR count). The third-order valence-corrected chi connectivity index (χ3v) is 6.70. The van der Waals surface area contributed by atoms with Crippen molar-refractivity contribution in [1.29, 1.82) is 0 Å². The molecule has 0 aliphatic heterocycles. The highest BCUT2D eigenvalue weighted by molar-refractivity contribution is 7.92. The van der Waals surface area contributed by atoms with Gasteiger partial charge in [0.2, 0.25) is 0 Å². The fourth-order valence-corrected chi connectivity index (χ4v) is 5.22. The van der Waals surface area contributed by atoms with Crippen LogP contribution in [-0.2, 0) is 22.9 Å². The third-order valence-electron chi connectivity index (χ3n) is 5.01. The molecule has 0 fully saturated rings. The predicted molar refractivity (Wildman–Crippen MR) is 107 cm³/mol. The number of rotatable bonds is 4. The third kappa shape index (κ3) is 3.18. The van der Waals surface area contributed by atoms with Crippen LogP contribution in [0.4, 0.5) is 10.1 Å². The average Bonchev–Trinajstić information content (AvgIpc) is 3.01. The van der Waals surface area contributed by atoms with E-state index in [1.54, 1.807) is 6.07 Å². The molecular weight excluding hydrogens is 403 g/mol. The van der Waals surface area contributed by atoms with Gasteiger partial charge in [-0.3, -0.25) is 9.52 Å². The maximum Gasteiger partial charge on any atom is 0.262 e. The minimum atomic E-state index is -4.04. The second-order valence-corrected chi connectivity index (χ2v) is 8.93. The average molecular weight is 421 g/mol. The fraction of sp³-hybridized carbons (Fsp3) is 0.250. The van der Waals surface area contributed by atoms with Crippen molar-refractivity contribution in [3.8, 4) is 0 Å². The number of sulfonamides is 1. The quantitative estimate of drug-likeness (QED) is 0.633. The lowest BCUT2D eigenvalue weighted by atomic mass is 9.94. The van der Waals surface area contributed by atoms with E-state index in [0.29, 0.717) is 29.5 Å². The highest BCUT2D eigenvalue weighted by Crippen LogP contribution is 2.33. The first kappa shape index (κ1) is 19.0. The molecule has 8 heteroatoms. The number of aryl methyl sites for hydroxylation is 2. The van der Waals surface area contributed by atoms with E-state index in [-0.39, 0.29) is 21.4 Å². The summed E-state index contributed by atoms with van der Waals surface area (Å²) in [5.41, 5.74) is 2.49. The van der Waals surface area contributed by atoms with Gasteiger partial charge in [-0.15, -0.1) is 0 Å². The van der Waals surface area contributed by atoms with Crippen LogP contribution in [0.25, 0.3) is 10.9 Å². The van der Waals surface area contributed by atoms with Crippen molar-refractivity contribution in [1.82, 2.24) is 4.98 Å². The summed E-state index contributed by atoms with van der Waals surface area (Å²) in [7, 11) is -4.04. The number of aromatic amines is 1. The number of anilines is 1. The van der Waals surface area contributed by atoms with Gasteiger partial charge in [-0.1, -0.05) is 18.5 Å². The van der Waals surface area contributed by atoms with Crippen LogP contribution in [0.1, 0.15) is 41.4 Å². The lowest BCUT2D eigenvalue weighted by Gasteiger charge is -2.13. The van der Waals surface area contributed by atoms with E-state index >= 15 is 0 Å². The molecule has 1 aromatic heterocycles. The van der Waals surface area contributed by atoms with Crippen molar-refractivity contribution in [2.75, 3.05) is 4.72 Å². The van der Waals surface area contributed by atoms with Gasteiger partial charge in [0, 0.05) is 33.6 Å². The van der Waals surface area contributed by atoms with E-state index in [4.69, 9.17) is 11.6 Å². The number of hydrogen-bond acceptors (Lipinski definition) is 3. The van der Waals surface area contributed by atoms with E-state index in [2.05, 4.69) is 9.71 Å². The minimum Gasteiger partial charge on any atom is -0.358 e. The number of halogens is 2. The number of benzene rings is 2.